The molecule has 1 saturated heterocycles. The van der Waals surface area contributed by atoms with Crippen LogP contribution in [-0.2, 0) is 23.7 Å². The Hall–Kier alpha value is -1.53. The van der Waals surface area contributed by atoms with Crippen LogP contribution in [-0.4, -0.2) is 45.3 Å². The summed E-state index contributed by atoms with van der Waals surface area (Å²) in [6.45, 7) is 10.2. The van der Waals surface area contributed by atoms with Crippen molar-refractivity contribution in [2.45, 2.75) is 58.2 Å². The first-order valence-corrected chi connectivity index (χ1v) is 9.75. The van der Waals surface area contributed by atoms with E-state index in [0.717, 1.165) is 29.6 Å². The zero-order valence-corrected chi connectivity index (χ0v) is 18.0. The van der Waals surface area contributed by atoms with Gasteiger partial charge in [-0.3, -0.25) is 4.79 Å². The van der Waals surface area contributed by atoms with Crippen LogP contribution in [0.15, 0.2) is 47.6 Å². The first kappa shape index (κ1) is 22.8. The summed E-state index contributed by atoms with van der Waals surface area (Å²) in [7, 11) is 4.94. The smallest absolute Gasteiger partial charge is 0.183 e. The van der Waals surface area contributed by atoms with E-state index in [-0.39, 0.29) is 23.2 Å². The van der Waals surface area contributed by atoms with Crippen molar-refractivity contribution in [2.24, 2.45) is 11.8 Å². The predicted octanol–water partition coefficient (Wildman–Crippen LogP) is 4.36. The van der Waals surface area contributed by atoms with Crippen molar-refractivity contribution in [1.29, 1.82) is 0 Å². The van der Waals surface area contributed by atoms with E-state index in [0.29, 0.717) is 6.42 Å². The minimum atomic E-state index is -0.505. The molecule has 0 bridgehead atoms. The summed E-state index contributed by atoms with van der Waals surface area (Å²) in [6, 6.07) is 0. The van der Waals surface area contributed by atoms with E-state index in [1.54, 1.807) is 27.4 Å². The Morgan fingerprint density at radius 2 is 1.96 bits per heavy atom. The van der Waals surface area contributed by atoms with Crippen LogP contribution in [0.2, 0.25) is 0 Å². The summed E-state index contributed by atoms with van der Waals surface area (Å²) in [4.78, 5) is 12.3. The number of carbonyl (C=O) groups is 1. The Kier molecular flexibility index (Phi) is 7.96. The standard InChI is InChI=1S/C23H34O5/c1-15-10-11-18-19(9-8-12-23(3,4)27-7)21(25-5)28-22(26-6)20(18)16(2)14-17(24)13-15/h8-9,12-13,18,20-22H,2,10-11,14H2,1,3-7H3. The molecule has 5 nitrogen and oxygen atoms in total. The summed E-state index contributed by atoms with van der Waals surface area (Å²) in [6.07, 6.45) is 8.78. The van der Waals surface area contributed by atoms with Crippen molar-refractivity contribution >= 4 is 5.78 Å². The van der Waals surface area contributed by atoms with E-state index in [1.165, 1.54) is 0 Å². The highest BCUT2D eigenvalue weighted by Gasteiger charge is 2.43. The van der Waals surface area contributed by atoms with Gasteiger partial charge in [-0.1, -0.05) is 36.0 Å². The van der Waals surface area contributed by atoms with Gasteiger partial charge in [0.25, 0.3) is 0 Å². The van der Waals surface area contributed by atoms with Gasteiger partial charge in [-0.2, -0.15) is 0 Å². The number of rotatable bonds is 5. The fraction of sp³-hybridized carbons (Fsp3) is 0.609. The van der Waals surface area contributed by atoms with Crippen LogP contribution in [0.1, 0.15) is 40.0 Å². The molecule has 0 N–H and O–H groups in total. The molecule has 28 heavy (non-hydrogen) atoms. The highest BCUT2D eigenvalue weighted by molar-refractivity contribution is 5.92. The van der Waals surface area contributed by atoms with E-state index in [9.17, 15) is 4.79 Å². The minimum Gasteiger partial charge on any atom is -0.375 e. The Morgan fingerprint density at radius 3 is 2.57 bits per heavy atom. The lowest BCUT2D eigenvalue weighted by atomic mass is 9.75. The number of methoxy groups -OCH3 is 3. The van der Waals surface area contributed by atoms with Crippen molar-refractivity contribution < 1.29 is 23.7 Å². The van der Waals surface area contributed by atoms with Gasteiger partial charge in [-0.15, -0.1) is 0 Å². The number of ether oxygens (including phenoxy) is 4. The van der Waals surface area contributed by atoms with E-state index in [1.807, 2.05) is 39.0 Å². The van der Waals surface area contributed by atoms with Gasteiger partial charge in [0.15, 0.2) is 18.4 Å². The lowest BCUT2D eigenvalue weighted by Gasteiger charge is -2.43. The molecule has 1 fully saturated rings. The van der Waals surface area contributed by atoms with Crippen molar-refractivity contribution in [2.75, 3.05) is 21.3 Å². The fourth-order valence-corrected chi connectivity index (χ4v) is 3.86. The lowest BCUT2D eigenvalue weighted by Crippen LogP contribution is -2.45. The average molecular weight is 391 g/mol. The maximum Gasteiger partial charge on any atom is 0.183 e. The maximum absolute atomic E-state index is 12.3. The molecule has 0 radical (unpaired) electrons. The van der Waals surface area contributed by atoms with Gasteiger partial charge in [-0.05, 0) is 51.2 Å². The van der Waals surface area contributed by atoms with Crippen LogP contribution in [0.25, 0.3) is 0 Å². The monoisotopic (exact) mass is 390 g/mol. The second-order valence-corrected chi connectivity index (χ2v) is 8.10. The van der Waals surface area contributed by atoms with Gasteiger partial charge in [-0.25, -0.2) is 0 Å². The molecule has 4 unspecified atom stereocenters. The predicted molar refractivity (Wildman–Crippen MR) is 110 cm³/mol. The first-order valence-electron chi connectivity index (χ1n) is 9.75. The summed E-state index contributed by atoms with van der Waals surface area (Å²) >= 11 is 0. The van der Waals surface area contributed by atoms with Crippen molar-refractivity contribution in [1.82, 2.24) is 0 Å². The van der Waals surface area contributed by atoms with Crippen LogP contribution in [0.4, 0.5) is 0 Å². The maximum atomic E-state index is 12.3. The normalized spacial score (nSPS) is 31.4. The zero-order valence-electron chi connectivity index (χ0n) is 18.0. The molecule has 1 heterocycles. The van der Waals surface area contributed by atoms with E-state index >= 15 is 0 Å². The quantitative estimate of drug-likeness (QED) is 0.653. The highest BCUT2D eigenvalue weighted by atomic mass is 16.8. The zero-order chi connectivity index (χ0) is 20.9. The topological polar surface area (TPSA) is 54.0 Å². The Balaban J connectivity index is 2.45. The SMILES string of the molecule is C=C1CC(=O)C=C(C)CCC2C(=CC=CC(C)(C)OC)C(OC)OC(OC)C12. The molecular weight excluding hydrogens is 356 g/mol. The Bertz CT molecular complexity index is 670. The van der Waals surface area contributed by atoms with E-state index < -0.39 is 12.6 Å². The van der Waals surface area contributed by atoms with Crippen LogP contribution in [0.5, 0.6) is 0 Å². The molecule has 2 rings (SSSR count). The van der Waals surface area contributed by atoms with Gasteiger partial charge in [0.2, 0.25) is 0 Å². The summed E-state index contributed by atoms with van der Waals surface area (Å²) in [5.41, 5.74) is 2.60. The molecule has 1 aliphatic heterocycles. The van der Waals surface area contributed by atoms with Crippen LogP contribution < -0.4 is 0 Å². The number of ketones is 1. The molecule has 0 aromatic heterocycles. The third kappa shape index (κ3) is 5.51. The van der Waals surface area contributed by atoms with Gasteiger partial charge < -0.3 is 18.9 Å². The van der Waals surface area contributed by atoms with Crippen molar-refractivity contribution in [3.05, 3.63) is 47.6 Å². The van der Waals surface area contributed by atoms with E-state index in [4.69, 9.17) is 18.9 Å². The van der Waals surface area contributed by atoms with Crippen molar-refractivity contribution in [3.8, 4) is 0 Å². The second kappa shape index (κ2) is 9.79. The van der Waals surface area contributed by atoms with Gasteiger partial charge in [0.1, 0.15) is 0 Å². The second-order valence-electron chi connectivity index (χ2n) is 8.10. The molecule has 2 aliphatic rings. The first-order chi connectivity index (χ1) is 13.2. The molecular formula is C23H34O5. The number of allylic oxidation sites excluding steroid dienone is 4. The minimum absolute atomic E-state index is 0.0825. The summed E-state index contributed by atoms with van der Waals surface area (Å²) in [5, 5.41) is 0. The third-order valence-corrected chi connectivity index (χ3v) is 5.57. The van der Waals surface area contributed by atoms with Crippen molar-refractivity contribution in [3.63, 3.8) is 0 Å². The lowest BCUT2D eigenvalue weighted by molar-refractivity contribution is -0.256. The fourth-order valence-electron chi connectivity index (χ4n) is 3.86. The van der Waals surface area contributed by atoms with Gasteiger partial charge in [0, 0.05) is 33.7 Å². The van der Waals surface area contributed by atoms with Gasteiger partial charge >= 0.3 is 0 Å². The van der Waals surface area contributed by atoms with Crippen LogP contribution in [0.3, 0.4) is 0 Å². The molecule has 1 aliphatic carbocycles. The molecule has 0 aromatic rings. The molecule has 0 spiro atoms. The molecule has 0 saturated carbocycles. The molecule has 156 valence electrons. The molecule has 0 aromatic carbocycles. The number of hydrogen-bond donors (Lipinski definition) is 0. The van der Waals surface area contributed by atoms with Crippen LogP contribution in [0, 0.1) is 11.8 Å². The Morgan fingerprint density at radius 1 is 1.25 bits per heavy atom. The number of hydrogen-bond acceptors (Lipinski definition) is 5. The summed E-state index contributed by atoms with van der Waals surface area (Å²) in [5.74, 6) is 0.0922. The molecule has 4 atom stereocenters. The molecule has 5 heteroatoms. The number of carbonyl (C=O) groups excluding carboxylic acids is 1. The van der Waals surface area contributed by atoms with E-state index in [2.05, 4.69) is 6.58 Å². The Labute approximate surface area is 169 Å². The third-order valence-electron chi connectivity index (χ3n) is 5.57. The molecule has 0 amide bonds. The summed E-state index contributed by atoms with van der Waals surface area (Å²) < 4.78 is 22.8. The highest BCUT2D eigenvalue weighted by Crippen LogP contribution is 2.44. The largest absolute Gasteiger partial charge is 0.375 e. The number of fused-ring (bicyclic) bond motifs is 1. The van der Waals surface area contributed by atoms with Gasteiger partial charge in [0.05, 0.1) is 5.60 Å². The average Bonchev–Trinajstić information content (AvgIpc) is 2.70. The van der Waals surface area contributed by atoms with Crippen LogP contribution >= 0.6 is 0 Å².